The molecule has 70 valence electrons. The minimum Gasteiger partial charge on any atom is -0.389 e. The molecule has 1 heterocycles. The zero-order chi connectivity index (χ0) is 10.3. The quantitative estimate of drug-likeness (QED) is 0.744. The summed E-state index contributed by atoms with van der Waals surface area (Å²) in [6, 6.07) is 5.84. The Morgan fingerprint density at radius 3 is 2.86 bits per heavy atom. The van der Waals surface area contributed by atoms with Gasteiger partial charge in [-0.1, -0.05) is 17.7 Å². The number of aryl methyl sites for hydroxylation is 1. The largest absolute Gasteiger partial charge is 0.389 e. The normalized spacial score (nSPS) is 10.4. The standard InChI is InChI=1S/C10H7ClN2S/c1-5-2-3-7(11)9-8(5)6(4-12)10(13)14-9/h2-3H,13H2,1H3. The van der Waals surface area contributed by atoms with Gasteiger partial charge in [-0.2, -0.15) is 5.26 Å². The number of hydrogen-bond acceptors (Lipinski definition) is 3. The molecule has 0 saturated heterocycles. The molecule has 0 aliphatic carbocycles. The SMILES string of the molecule is Cc1ccc(Cl)c2sc(N)c(C#N)c12. The summed E-state index contributed by atoms with van der Waals surface area (Å²) in [4.78, 5) is 0. The molecule has 2 aromatic rings. The maximum absolute atomic E-state index is 8.95. The zero-order valence-electron chi connectivity index (χ0n) is 7.47. The van der Waals surface area contributed by atoms with Gasteiger partial charge in [0, 0.05) is 5.39 Å². The van der Waals surface area contributed by atoms with Crippen molar-refractivity contribution in [3.05, 3.63) is 28.3 Å². The highest BCUT2D eigenvalue weighted by molar-refractivity contribution is 7.23. The van der Waals surface area contributed by atoms with E-state index in [1.54, 1.807) is 0 Å². The van der Waals surface area contributed by atoms with E-state index in [2.05, 4.69) is 6.07 Å². The smallest absolute Gasteiger partial charge is 0.105 e. The van der Waals surface area contributed by atoms with Crippen molar-refractivity contribution in [1.29, 1.82) is 5.26 Å². The van der Waals surface area contributed by atoms with Gasteiger partial charge in [-0.25, -0.2) is 0 Å². The molecule has 0 spiro atoms. The highest BCUT2D eigenvalue weighted by Crippen LogP contribution is 2.39. The van der Waals surface area contributed by atoms with Crippen LogP contribution in [0.25, 0.3) is 10.1 Å². The van der Waals surface area contributed by atoms with Gasteiger partial charge in [0.1, 0.15) is 11.1 Å². The number of nitrogens with zero attached hydrogens (tertiary/aromatic N) is 1. The molecule has 4 heteroatoms. The van der Waals surface area contributed by atoms with E-state index in [9.17, 15) is 0 Å². The van der Waals surface area contributed by atoms with E-state index in [1.807, 2.05) is 19.1 Å². The van der Waals surface area contributed by atoms with Crippen molar-refractivity contribution in [2.45, 2.75) is 6.92 Å². The molecule has 0 aliphatic rings. The van der Waals surface area contributed by atoms with E-state index in [-0.39, 0.29) is 0 Å². The molecule has 0 unspecified atom stereocenters. The summed E-state index contributed by atoms with van der Waals surface area (Å²) in [7, 11) is 0. The lowest BCUT2D eigenvalue weighted by Gasteiger charge is -1.97. The molecule has 0 bridgehead atoms. The lowest BCUT2D eigenvalue weighted by molar-refractivity contribution is 1.49. The molecule has 1 aromatic heterocycles. The topological polar surface area (TPSA) is 49.8 Å². The Bertz CT molecular complexity index is 551. The van der Waals surface area contributed by atoms with E-state index in [0.29, 0.717) is 15.6 Å². The van der Waals surface area contributed by atoms with Crippen molar-refractivity contribution in [3.8, 4) is 6.07 Å². The minimum atomic E-state index is 0.540. The van der Waals surface area contributed by atoms with Gasteiger partial charge < -0.3 is 5.73 Å². The third kappa shape index (κ3) is 1.16. The highest BCUT2D eigenvalue weighted by atomic mass is 35.5. The van der Waals surface area contributed by atoms with Gasteiger partial charge in [0.15, 0.2) is 0 Å². The number of nitriles is 1. The van der Waals surface area contributed by atoms with Crippen LogP contribution in [0.2, 0.25) is 5.02 Å². The average Bonchev–Trinajstić information content (AvgIpc) is 2.50. The number of thiophene rings is 1. The van der Waals surface area contributed by atoms with E-state index in [0.717, 1.165) is 15.6 Å². The van der Waals surface area contributed by atoms with Crippen molar-refractivity contribution in [2.75, 3.05) is 5.73 Å². The second-order valence-electron chi connectivity index (χ2n) is 3.02. The van der Waals surface area contributed by atoms with Crippen molar-refractivity contribution in [2.24, 2.45) is 0 Å². The number of halogens is 1. The second kappa shape index (κ2) is 3.16. The van der Waals surface area contributed by atoms with Crippen LogP contribution in [0.1, 0.15) is 11.1 Å². The first-order valence-corrected chi connectivity index (χ1v) is 5.21. The molecule has 0 aliphatic heterocycles. The third-order valence-electron chi connectivity index (χ3n) is 2.14. The van der Waals surface area contributed by atoms with Crippen LogP contribution in [0.4, 0.5) is 5.00 Å². The fourth-order valence-electron chi connectivity index (χ4n) is 1.46. The number of fused-ring (bicyclic) bond motifs is 1. The summed E-state index contributed by atoms with van der Waals surface area (Å²) < 4.78 is 0.903. The molecule has 0 fully saturated rings. The van der Waals surface area contributed by atoms with E-state index in [1.165, 1.54) is 11.3 Å². The first kappa shape index (κ1) is 9.32. The van der Waals surface area contributed by atoms with Crippen LogP contribution >= 0.6 is 22.9 Å². The highest BCUT2D eigenvalue weighted by Gasteiger charge is 2.13. The summed E-state index contributed by atoms with van der Waals surface area (Å²) in [5.41, 5.74) is 7.32. The Kier molecular flexibility index (Phi) is 2.10. The zero-order valence-corrected chi connectivity index (χ0v) is 9.04. The average molecular weight is 223 g/mol. The molecule has 2 N–H and O–H groups in total. The van der Waals surface area contributed by atoms with Crippen LogP contribution in [0, 0.1) is 18.3 Å². The van der Waals surface area contributed by atoms with Gasteiger partial charge in [0.05, 0.1) is 15.3 Å². The Morgan fingerprint density at radius 1 is 1.50 bits per heavy atom. The van der Waals surface area contributed by atoms with Crippen molar-refractivity contribution >= 4 is 38.0 Å². The summed E-state index contributed by atoms with van der Waals surface area (Å²) in [5, 5.41) is 11.0. The lowest BCUT2D eigenvalue weighted by Crippen LogP contribution is -1.83. The predicted octanol–water partition coefficient (Wildman–Crippen LogP) is 3.32. The number of anilines is 1. The van der Waals surface area contributed by atoms with Gasteiger partial charge in [-0.15, -0.1) is 11.3 Å². The Balaban J connectivity index is 3.03. The van der Waals surface area contributed by atoms with Crippen LogP contribution in [-0.4, -0.2) is 0 Å². The molecular weight excluding hydrogens is 216 g/mol. The molecule has 2 nitrogen and oxygen atoms in total. The number of nitrogen functional groups attached to an aromatic ring is 1. The molecule has 0 amide bonds. The molecule has 0 atom stereocenters. The molecule has 14 heavy (non-hydrogen) atoms. The summed E-state index contributed by atoms with van der Waals surface area (Å²) in [6.07, 6.45) is 0. The Morgan fingerprint density at radius 2 is 2.21 bits per heavy atom. The van der Waals surface area contributed by atoms with Gasteiger partial charge >= 0.3 is 0 Å². The summed E-state index contributed by atoms with van der Waals surface area (Å²) in [5.74, 6) is 0. The summed E-state index contributed by atoms with van der Waals surface area (Å²) in [6.45, 7) is 1.95. The summed E-state index contributed by atoms with van der Waals surface area (Å²) >= 11 is 7.38. The molecule has 2 rings (SSSR count). The van der Waals surface area contributed by atoms with Crippen LogP contribution in [-0.2, 0) is 0 Å². The van der Waals surface area contributed by atoms with Gasteiger partial charge in [-0.3, -0.25) is 0 Å². The first-order chi connectivity index (χ1) is 6.65. The van der Waals surface area contributed by atoms with Gasteiger partial charge in [0.25, 0.3) is 0 Å². The number of nitrogens with two attached hydrogens (primary N) is 1. The van der Waals surface area contributed by atoms with Gasteiger partial charge in [0.2, 0.25) is 0 Å². The number of rotatable bonds is 0. The van der Waals surface area contributed by atoms with Gasteiger partial charge in [-0.05, 0) is 18.6 Å². The molecular formula is C10H7ClN2S. The van der Waals surface area contributed by atoms with Crippen LogP contribution in [0.15, 0.2) is 12.1 Å². The number of benzene rings is 1. The fraction of sp³-hybridized carbons (Fsp3) is 0.100. The second-order valence-corrected chi connectivity index (χ2v) is 4.48. The van der Waals surface area contributed by atoms with Crippen LogP contribution in [0.3, 0.4) is 0 Å². The monoisotopic (exact) mass is 222 g/mol. The molecule has 0 saturated carbocycles. The van der Waals surface area contributed by atoms with Crippen LogP contribution < -0.4 is 5.73 Å². The first-order valence-electron chi connectivity index (χ1n) is 4.02. The lowest BCUT2D eigenvalue weighted by atomic mass is 10.1. The van der Waals surface area contributed by atoms with Crippen molar-refractivity contribution in [1.82, 2.24) is 0 Å². The third-order valence-corrected chi connectivity index (χ3v) is 3.62. The number of hydrogen-bond donors (Lipinski definition) is 1. The Hall–Kier alpha value is -1.24. The van der Waals surface area contributed by atoms with E-state index >= 15 is 0 Å². The minimum absolute atomic E-state index is 0.540. The molecule has 0 radical (unpaired) electrons. The van der Waals surface area contributed by atoms with Crippen LogP contribution in [0.5, 0.6) is 0 Å². The maximum atomic E-state index is 8.95. The fourth-order valence-corrected chi connectivity index (χ4v) is 2.73. The van der Waals surface area contributed by atoms with Crippen molar-refractivity contribution < 1.29 is 0 Å². The maximum Gasteiger partial charge on any atom is 0.105 e. The predicted molar refractivity (Wildman–Crippen MR) is 60.7 cm³/mol. The van der Waals surface area contributed by atoms with E-state index < -0.39 is 0 Å². The molecule has 1 aromatic carbocycles. The Labute approximate surface area is 90.5 Å². The van der Waals surface area contributed by atoms with Crippen molar-refractivity contribution in [3.63, 3.8) is 0 Å². The van der Waals surface area contributed by atoms with E-state index in [4.69, 9.17) is 22.6 Å².